The maximum atomic E-state index is 5.47. The van der Waals surface area contributed by atoms with Crippen LogP contribution in [0.1, 0.15) is 18.7 Å². The SMILES string of the molecule is CC(N)c1cc(Br)no1.Cl. The van der Waals surface area contributed by atoms with Gasteiger partial charge >= 0.3 is 0 Å². The minimum absolute atomic E-state index is 0. The summed E-state index contributed by atoms with van der Waals surface area (Å²) in [6.45, 7) is 1.84. The predicted octanol–water partition coefficient (Wildman–Crippen LogP) is 1.88. The molecule has 0 amide bonds. The largest absolute Gasteiger partial charge is 0.359 e. The average Bonchev–Trinajstić information content (AvgIpc) is 2.14. The second-order valence-corrected chi connectivity index (χ2v) is 2.65. The Hall–Kier alpha value is -0.0600. The number of rotatable bonds is 1. The number of halogens is 2. The van der Waals surface area contributed by atoms with Gasteiger partial charge < -0.3 is 10.3 Å². The average molecular weight is 227 g/mol. The van der Waals surface area contributed by atoms with Gasteiger partial charge in [-0.15, -0.1) is 12.4 Å². The molecule has 0 spiro atoms. The van der Waals surface area contributed by atoms with Crippen LogP contribution >= 0.6 is 28.3 Å². The first-order chi connectivity index (χ1) is 4.20. The van der Waals surface area contributed by atoms with Crippen LogP contribution in [0.5, 0.6) is 0 Å². The van der Waals surface area contributed by atoms with Gasteiger partial charge in [-0.2, -0.15) is 0 Å². The Morgan fingerprint density at radius 3 is 2.60 bits per heavy atom. The third kappa shape index (κ3) is 2.28. The minimum Gasteiger partial charge on any atom is -0.359 e. The van der Waals surface area contributed by atoms with Crippen LogP contribution in [0.15, 0.2) is 15.2 Å². The van der Waals surface area contributed by atoms with Crippen molar-refractivity contribution in [1.82, 2.24) is 5.16 Å². The second-order valence-electron chi connectivity index (χ2n) is 1.84. The standard InChI is InChI=1S/C5H7BrN2O.ClH/c1-3(7)4-2-5(6)8-9-4;/h2-3H,7H2,1H3;1H. The summed E-state index contributed by atoms with van der Waals surface area (Å²) in [6.07, 6.45) is 0. The van der Waals surface area contributed by atoms with Gasteiger partial charge in [0.25, 0.3) is 0 Å². The zero-order valence-electron chi connectivity index (χ0n) is 5.37. The van der Waals surface area contributed by atoms with E-state index in [4.69, 9.17) is 10.3 Å². The van der Waals surface area contributed by atoms with Gasteiger partial charge in [0.05, 0.1) is 6.04 Å². The van der Waals surface area contributed by atoms with Crippen LogP contribution in [0.4, 0.5) is 0 Å². The minimum atomic E-state index is -0.0798. The van der Waals surface area contributed by atoms with E-state index in [1.807, 2.05) is 6.92 Å². The molecule has 2 N–H and O–H groups in total. The molecule has 1 unspecified atom stereocenters. The molecule has 0 aliphatic rings. The predicted molar refractivity (Wildman–Crippen MR) is 44.1 cm³/mol. The molecule has 0 aromatic carbocycles. The molecule has 1 heterocycles. The van der Waals surface area contributed by atoms with Gasteiger partial charge in [-0.1, -0.05) is 5.16 Å². The molecule has 0 radical (unpaired) electrons. The van der Waals surface area contributed by atoms with Gasteiger partial charge in [-0.25, -0.2) is 0 Å². The molecule has 1 aromatic heterocycles. The van der Waals surface area contributed by atoms with Crippen LogP contribution in [-0.4, -0.2) is 5.16 Å². The van der Waals surface area contributed by atoms with Crippen molar-refractivity contribution in [3.05, 3.63) is 16.4 Å². The van der Waals surface area contributed by atoms with Crippen LogP contribution in [0.3, 0.4) is 0 Å². The van der Waals surface area contributed by atoms with Crippen molar-refractivity contribution in [2.75, 3.05) is 0 Å². The van der Waals surface area contributed by atoms with Gasteiger partial charge in [0.2, 0.25) is 0 Å². The van der Waals surface area contributed by atoms with Crippen LogP contribution < -0.4 is 5.73 Å². The lowest BCUT2D eigenvalue weighted by molar-refractivity contribution is 0.365. The third-order valence-electron chi connectivity index (χ3n) is 0.948. The van der Waals surface area contributed by atoms with Crippen molar-refractivity contribution in [1.29, 1.82) is 0 Å². The monoisotopic (exact) mass is 226 g/mol. The molecule has 1 atom stereocenters. The zero-order valence-corrected chi connectivity index (χ0v) is 7.78. The summed E-state index contributed by atoms with van der Waals surface area (Å²) in [4.78, 5) is 0. The first-order valence-corrected chi connectivity index (χ1v) is 3.37. The van der Waals surface area contributed by atoms with E-state index >= 15 is 0 Å². The highest BCUT2D eigenvalue weighted by molar-refractivity contribution is 9.10. The van der Waals surface area contributed by atoms with Gasteiger partial charge in [0.15, 0.2) is 5.76 Å². The van der Waals surface area contributed by atoms with Crippen molar-refractivity contribution in [2.45, 2.75) is 13.0 Å². The number of hydrogen-bond donors (Lipinski definition) is 1. The summed E-state index contributed by atoms with van der Waals surface area (Å²) in [5.41, 5.74) is 5.47. The molecule has 5 heteroatoms. The third-order valence-corrected chi connectivity index (χ3v) is 1.32. The van der Waals surface area contributed by atoms with E-state index in [1.165, 1.54) is 0 Å². The molecule has 0 fully saturated rings. The van der Waals surface area contributed by atoms with E-state index in [9.17, 15) is 0 Å². The van der Waals surface area contributed by atoms with Crippen LogP contribution in [0.2, 0.25) is 0 Å². The lowest BCUT2D eigenvalue weighted by atomic mass is 10.3. The van der Waals surface area contributed by atoms with Gasteiger partial charge in [0.1, 0.15) is 4.60 Å². The summed E-state index contributed by atoms with van der Waals surface area (Å²) >= 11 is 3.14. The maximum absolute atomic E-state index is 5.47. The number of nitrogens with zero attached hydrogens (tertiary/aromatic N) is 1. The van der Waals surface area contributed by atoms with E-state index in [2.05, 4.69) is 21.1 Å². The van der Waals surface area contributed by atoms with Crippen molar-refractivity contribution >= 4 is 28.3 Å². The highest BCUT2D eigenvalue weighted by atomic mass is 79.9. The molecule has 0 aliphatic heterocycles. The molecule has 0 saturated carbocycles. The van der Waals surface area contributed by atoms with Crippen molar-refractivity contribution in [2.24, 2.45) is 5.73 Å². The summed E-state index contributed by atoms with van der Waals surface area (Å²) in [5, 5.41) is 3.60. The molecular formula is C5H8BrClN2O. The smallest absolute Gasteiger partial charge is 0.154 e. The lowest BCUT2D eigenvalue weighted by Gasteiger charge is -1.93. The Morgan fingerprint density at radius 1 is 1.80 bits per heavy atom. The van der Waals surface area contributed by atoms with Crippen LogP contribution in [0, 0.1) is 0 Å². The zero-order chi connectivity index (χ0) is 6.85. The molecule has 3 nitrogen and oxygen atoms in total. The molecule has 1 aromatic rings. The molecule has 1 rings (SSSR count). The number of nitrogens with two attached hydrogens (primary N) is 1. The first kappa shape index (κ1) is 9.94. The fraction of sp³-hybridized carbons (Fsp3) is 0.400. The quantitative estimate of drug-likeness (QED) is 0.797. The Kier molecular flexibility index (Phi) is 3.93. The topological polar surface area (TPSA) is 52.0 Å². The Bertz CT molecular complexity index is 201. The van der Waals surface area contributed by atoms with E-state index in [-0.39, 0.29) is 18.4 Å². The highest BCUT2D eigenvalue weighted by Crippen LogP contribution is 2.14. The van der Waals surface area contributed by atoms with Crippen LogP contribution in [-0.2, 0) is 0 Å². The van der Waals surface area contributed by atoms with Crippen molar-refractivity contribution in [3.63, 3.8) is 0 Å². The summed E-state index contributed by atoms with van der Waals surface area (Å²) in [5.74, 6) is 0.696. The normalized spacial score (nSPS) is 12.3. The summed E-state index contributed by atoms with van der Waals surface area (Å²) in [7, 11) is 0. The number of aromatic nitrogens is 1. The Balaban J connectivity index is 0.000000810. The van der Waals surface area contributed by atoms with Gasteiger partial charge in [0, 0.05) is 6.07 Å². The second kappa shape index (κ2) is 3.95. The highest BCUT2D eigenvalue weighted by Gasteiger charge is 2.04. The lowest BCUT2D eigenvalue weighted by Crippen LogP contribution is -2.02. The molecule has 0 bridgehead atoms. The van der Waals surface area contributed by atoms with Crippen molar-refractivity contribution in [3.8, 4) is 0 Å². The first-order valence-electron chi connectivity index (χ1n) is 2.58. The van der Waals surface area contributed by atoms with Gasteiger partial charge in [-0.3, -0.25) is 0 Å². The molecule has 0 saturated heterocycles. The van der Waals surface area contributed by atoms with E-state index in [0.717, 1.165) is 0 Å². The van der Waals surface area contributed by atoms with Crippen molar-refractivity contribution < 1.29 is 4.52 Å². The molecular weight excluding hydrogens is 219 g/mol. The Labute approximate surface area is 73.5 Å². The number of hydrogen-bond acceptors (Lipinski definition) is 3. The summed E-state index contributed by atoms with van der Waals surface area (Å²) in [6, 6.07) is 1.67. The summed E-state index contributed by atoms with van der Waals surface area (Å²) < 4.78 is 5.49. The van der Waals surface area contributed by atoms with E-state index in [1.54, 1.807) is 6.07 Å². The van der Waals surface area contributed by atoms with E-state index in [0.29, 0.717) is 10.4 Å². The maximum Gasteiger partial charge on any atom is 0.154 e. The molecule has 0 aliphatic carbocycles. The fourth-order valence-electron chi connectivity index (χ4n) is 0.481. The van der Waals surface area contributed by atoms with Crippen LogP contribution in [0.25, 0.3) is 0 Å². The molecule has 10 heavy (non-hydrogen) atoms. The van der Waals surface area contributed by atoms with E-state index < -0.39 is 0 Å². The molecule has 58 valence electrons. The fourth-order valence-corrected chi connectivity index (χ4v) is 0.779. The Morgan fingerprint density at radius 2 is 2.40 bits per heavy atom. The van der Waals surface area contributed by atoms with Gasteiger partial charge in [-0.05, 0) is 22.9 Å².